The summed E-state index contributed by atoms with van der Waals surface area (Å²) in [6.07, 6.45) is 0. The molecule has 0 spiro atoms. The molecule has 1 aromatic heterocycles. The third-order valence-corrected chi connectivity index (χ3v) is 4.79. The molecule has 3 rings (SSSR count). The average molecular weight is 393 g/mol. The SMILES string of the molecule is COc1ccc(Nc2cc(C(C)(C)C)nn2-c2cc(C)ccc2C)c(C(=O)O)c1. The number of benzene rings is 2. The Balaban J connectivity index is 2.16. The number of aromatic carboxylic acids is 1. The number of anilines is 2. The second-order valence-corrected chi connectivity index (χ2v) is 8.21. The minimum atomic E-state index is -1.03. The second-order valence-electron chi connectivity index (χ2n) is 8.21. The molecule has 0 amide bonds. The van der Waals surface area contributed by atoms with Crippen LogP contribution >= 0.6 is 0 Å². The van der Waals surface area contributed by atoms with Crippen LogP contribution in [0, 0.1) is 13.8 Å². The quantitative estimate of drug-likeness (QED) is 0.620. The lowest BCUT2D eigenvalue weighted by Crippen LogP contribution is -2.13. The average Bonchev–Trinajstić information content (AvgIpc) is 3.08. The van der Waals surface area contributed by atoms with Gasteiger partial charge in [0.2, 0.25) is 0 Å². The van der Waals surface area contributed by atoms with Crippen LogP contribution in [-0.2, 0) is 5.41 Å². The highest BCUT2D eigenvalue weighted by Gasteiger charge is 2.22. The normalized spacial score (nSPS) is 11.4. The Labute approximate surface area is 171 Å². The molecule has 6 heteroatoms. The first-order chi connectivity index (χ1) is 13.6. The number of aromatic nitrogens is 2. The maximum Gasteiger partial charge on any atom is 0.337 e. The molecule has 0 saturated carbocycles. The summed E-state index contributed by atoms with van der Waals surface area (Å²) in [5, 5.41) is 17.8. The van der Waals surface area contributed by atoms with Crippen LogP contribution < -0.4 is 10.1 Å². The second kappa shape index (κ2) is 7.62. The Morgan fingerprint density at radius 2 is 1.83 bits per heavy atom. The number of hydrogen-bond acceptors (Lipinski definition) is 4. The number of nitrogens with zero attached hydrogens (tertiary/aromatic N) is 2. The molecule has 3 aromatic rings. The first-order valence-electron chi connectivity index (χ1n) is 9.46. The summed E-state index contributed by atoms with van der Waals surface area (Å²) in [6.45, 7) is 10.4. The molecule has 152 valence electrons. The van der Waals surface area contributed by atoms with Gasteiger partial charge in [0.05, 0.1) is 29.7 Å². The van der Waals surface area contributed by atoms with E-state index in [-0.39, 0.29) is 11.0 Å². The molecule has 0 aliphatic carbocycles. The molecule has 29 heavy (non-hydrogen) atoms. The number of carbonyl (C=O) groups is 1. The molecule has 0 aliphatic rings. The van der Waals surface area contributed by atoms with Crippen molar-refractivity contribution < 1.29 is 14.6 Å². The Morgan fingerprint density at radius 3 is 2.45 bits per heavy atom. The molecule has 0 fully saturated rings. The van der Waals surface area contributed by atoms with Crippen molar-refractivity contribution in [2.45, 2.75) is 40.0 Å². The van der Waals surface area contributed by atoms with Crippen LogP contribution in [0.15, 0.2) is 42.5 Å². The Morgan fingerprint density at radius 1 is 1.10 bits per heavy atom. The Hall–Kier alpha value is -3.28. The largest absolute Gasteiger partial charge is 0.497 e. The number of rotatable bonds is 5. The van der Waals surface area contributed by atoms with Crippen molar-refractivity contribution in [1.29, 1.82) is 0 Å². The van der Waals surface area contributed by atoms with E-state index >= 15 is 0 Å². The van der Waals surface area contributed by atoms with E-state index in [1.807, 2.05) is 24.6 Å². The molecule has 0 atom stereocenters. The highest BCUT2D eigenvalue weighted by molar-refractivity contribution is 5.95. The fraction of sp³-hybridized carbons (Fsp3) is 0.304. The highest BCUT2D eigenvalue weighted by atomic mass is 16.5. The van der Waals surface area contributed by atoms with Crippen molar-refractivity contribution in [1.82, 2.24) is 9.78 Å². The fourth-order valence-electron chi connectivity index (χ4n) is 3.04. The standard InChI is InChI=1S/C23H27N3O3/c1-14-7-8-15(2)19(11-14)26-21(13-20(25-26)23(3,4)5)24-18-10-9-16(29-6)12-17(18)22(27)28/h7-13,24H,1-6H3,(H,27,28). The number of carboxylic acids is 1. The summed E-state index contributed by atoms with van der Waals surface area (Å²) < 4.78 is 7.02. The monoisotopic (exact) mass is 393 g/mol. The van der Waals surface area contributed by atoms with Gasteiger partial charge in [0.15, 0.2) is 0 Å². The van der Waals surface area contributed by atoms with Gasteiger partial charge in [-0.05, 0) is 49.2 Å². The maximum atomic E-state index is 11.8. The zero-order chi connectivity index (χ0) is 21.3. The maximum absolute atomic E-state index is 11.8. The summed E-state index contributed by atoms with van der Waals surface area (Å²) in [5.74, 6) is 0.169. The van der Waals surface area contributed by atoms with Gasteiger partial charge in [0.1, 0.15) is 11.6 Å². The van der Waals surface area contributed by atoms with Crippen molar-refractivity contribution in [3.05, 3.63) is 64.8 Å². The smallest absolute Gasteiger partial charge is 0.337 e. The van der Waals surface area contributed by atoms with Crippen LogP contribution in [0.3, 0.4) is 0 Å². The lowest BCUT2D eigenvalue weighted by molar-refractivity contribution is 0.0697. The molecular weight excluding hydrogens is 366 g/mol. The van der Waals surface area contributed by atoms with E-state index in [4.69, 9.17) is 9.84 Å². The van der Waals surface area contributed by atoms with Crippen LogP contribution in [-0.4, -0.2) is 28.0 Å². The first kappa shape index (κ1) is 20.5. The Kier molecular flexibility index (Phi) is 5.38. The van der Waals surface area contributed by atoms with Gasteiger partial charge in [-0.25, -0.2) is 9.48 Å². The van der Waals surface area contributed by atoms with Gasteiger partial charge in [0, 0.05) is 11.5 Å². The molecule has 2 aromatic carbocycles. The van der Waals surface area contributed by atoms with Gasteiger partial charge in [-0.15, -0.1) is 0 Å². The van der Waals surface area contributed by atoms with E-state index in [1.54, 1.807) is 12.1 Å². The van der Waals surface area contributed by atoms with Crippen molar-refractivity contribution >= 4 is 17.5 Å². The molecule has 0 radical (unpaired) electrons. The van der Waals surface area contributed by atoms with E-state index in [0.29, 0.717) is 17.3 Å². The zero-order valence-corrected chi connectivity index (χ0v) is 17.7. The molecule has 0 bridgehead atoms. The fourth-order valence-corrected chi connectivity index (χ4v) is 3.04. The van der Waals surface area contributed by atoms with Crippen LogP contribution in [0.5, 0.6) is 5.75 Å². The Bertz CT molecular complexity index is 1060. The first-order valence-corrected chi connectivity index (χ1v) is 9.46. The van der Waals surface area contributed by atoms with Gasteiger partial charge < -0.3 is 15.2 Å². The number of carboxylic acid groups (broad SMARTS) is 1. The molecular formula is C23H27N3O3. The van der Waals surface area contributed by atoms with Crippen LogP contribution in [0.4, 0.5) is 11.5 Å². The van der Waals surface area contributed by atoms with E-state index in [9.17, 15) is 9.90 Å². The van der Waals surface area contributed by atoms with Crippen molar-refractivity contribution in [3.63, 3.8) is 0 Å². The third-order valence-electron chi connectivity index (χ3n) is 4.79. The topological polar surface area (TPSA) is 76.4 Å². The molecule has 0 unspecified atom stereocenters. The van der Waals surface area contributed by atoms with Crippen LogP contribution in [0.25, 0.3) is 5.69 Å². The molecule has 0 aliphatic heterocycles. The number of ether oxygens (including phenoxy) is 1. The minimum absolute atomic E-state index is 0.135. The molecule has 6 nitrogen and oxygen atoms in total. The van der Waals surface area contributed by atoms with Gasteiger partial charge in [-0.3, -0.25) is 0 Å². The van der Waals surface area contributed by atoms with Crippen LogP contribution in [0.2, 0.25) is 0 Å². The molecule has 2 N–H and O–H groups in total. The summed E-state index contributed by atoms with van der Waals surface area (Å²) in [4.78, 5) is 11.8. The van der Waals surface area contributed by atoms with E-state index in [1.165, 1.54) is 13.2 Å². The van der Waals surface area contributed by atoms with Crippen molar-refractivity contribution in [3.8, 4) is 11.4 Å². The van der Waals surface area contributed by atoms with Crippen LogP contribution in [0.1, 0.15) is 48.0 Å². The van der Waals surface area contributed by atoms with Gasteiger partial charge >= 0.3 is 5.97 Å². The predicted molar refractivity (Wildman–Crippen MR) is 115 cm³/mol. The van der Waals surface area contributed by atoms with E-state index in [0.717, 1.165) is 22.5 Å². The summed E-state index contributed by atoms with van der Waals surface area (Å²) in [5.41, 5.74) is 4.52. The highest BCUT2D eigenvalue weighted by Crippen LogP contribution is 2.31. The van der Waals surface area contributed by atoms with Gasteiger partial charge in [-0.2, -0.15) is 5.10 Å². The summed E-state index contributed by atoms with van der Waals surface area (Å²) in [6, 6.07) is 13.1. The number of aryl methyl sites for hydroxylation is 2. The summed E-state index contributed by atoms with van der Waals surface area (Å²) in [7, 11) is 1.51. The number of methoxy groups -OCH3 is 1. The minimum Gasteiger partial charge on any atom is -0.497 e. The number of nitrogens with one attached hydrogen (secondary N) is 1. The predicted octanol–water partition coefficient (Wildman–Crippen LogP) is 5.24. The van der Waals surface area contributed by atoms with Gasteiger partial charge in [-0.1, -0.05) is 32.9 Å². The van der Waals surface area contributed by atoms with E-state index in [2.05, 4.69) is 44.3 Å². The summed E-state index contributed by atoms with van der Waals surface area (Å²) >= 11 is 0. The number of hydrogen-bond donors (Lipinski definition) is 2. The third kappa shape index (κ3) is 4.26. The van der Waals surface area contributed by atoms with Crippen molar-refractivity contribution in [2.24, 2.45) is 0 Å². The lowest BCUT2D eigenvalue weighted by Gasteiger charge is -2.15. The van der Waals surface area contributed by atoms with Crippen molar-refractivity contribution in [2.75, 3.05) is 12.4 Å². The zero-order valence-electron chi connectivity index (χ0n) is 17.7. The van der Waals surface area contributed by atoms with E-state index < -0.39 is 5.97 Å². The lowest BCUT2D eigenvalue weighted by atomic mass is 9.92. The molecule has 1 heterocycles. The van der Waals surface area contributed by atoms with Gasteiger partial charge in [0.25, 0.3) is 0 Å². The molecule has 0 saturated heterocycles.